The summed E-state index contributed by atoms with van der Waals surface area (Å²) in [6.45, 7) is 0.0441. The Bertz CT molecular complexity index is 945. The van der Waals surface area contributed by atoms with Crippen LogP contribution in [0.25, 0.3) is 16.6 Å². The normalized spacial score (nSPS) is 15.3. The van der Waals surface area contributed by atoms with Crippen LogP contribution in [0.2, 0.25) is 0 Å². The number of nitrogens with two attached hydrogens (primary N) is 1. The van der Waals surface area contributed by atoms with Crippen molar-refractivity contribution in [3.63, 3.8) is 0 Å². The summed E-state index contributed by atoms with van der Waals surface area (Å²) in [5.41, 5.74) is 9.25. The van der Waals surface area contributed by atoms with Crippen LogP contribution in [0.3, 0.4) is 0 Å². The van der Waals surface area contributed by atoms with Gasteiger partial charge in [-0.15, -0.1) is 0 Å². The zero-order valence-corrected chi connectivity index (χ0v) is 14.0. The molecule has 1 aliphatic carbocycles. The predicted molar refractivity (Wildman–Crippen MR) is 96.6 cm³/mol. The molecule has 6 heteroatoms. The molecule has 0 saturated heterocycles. The molecule has 1 saturated carbocycles. The van der Waals surface area contributed by atoms with Crippen LogP contribution in [0.5, 0.6) is 0 Å². The number of benzene rings is 1. The van der Waals surface area contributed by atoms with Gasteiger partial charge in [-0.3, -0.25) is 4.79 Å². The number of hydrogen-bond acceptors (Lipinski definition) is 4. The van der Waals surface area contributed by atoms with E-state index < -0.39 is 5.91 Å². The zero-order valence-electron chi connectivity index (χ0n) is 14.0. The van der Waals surface area contributed by atoms with Crippen LogP contribution in [0, 0.1) is 0 Å². The number of nitrogens with zero attached hydrogens (tertiary/aromatic N) is 3. The maximum Gasteiger partial charge on any atom is 0.252 e. The van der Waals surface area contributed by atoms with Crippen molar-refractivity contribution in [1.29, 1.82) is 0 Å². The van der Waals surface area contributed by atoms with Crippen molar-refractivity contribution in [2.24, 2.45) is 5.73 Å². The number of aliphatic hydroxyl groups excluding tert-OH is 1. The number of hydrogen-bond donors (Lipinski definition) is 2. The molecule has 1 aliphatic rings. The average Bonchev–Trinajstić information content (AvgIpc) is 3.32. The van der Waals surface area contributed by atoms with Gasteiger partial charge in [0, 0.05) is 18.8 Å². The molecule has 0 aliphatic heterocycles. The Morgan fingerprint density at radius 1 is 1.32 bits per heavy atom. The van der Waals surface area contributed by atoms with E-state index in [0.717, 1.165) is 35.2 Å². The van der Waals surface area contributed by atoms with Crippen molar-refractivity contribution in [3.8, 4) is 11.1 Å². The highest BCUT2D eigenvalue weighted by Gasteiger charge is 2.47. The molecule has 128 valence electrons. The SMILES string of the molecule is CN(c1c(C(N)=O)cnn2cc(-c3ccccc3)cc12)C1(CO)CC1. The Balaban J connectivity index is 1.93. The molecule has 1 amide bonds. The summed E-state index contributed by atoms with van der Waals surface area (Å²) >= 11 is 0. The summed E-state index contributed by atoms with van der Waals surface area (Å²) in [7, 11) is 1.90. The molecule has 3 aromatic rings. The monoisotopic (exact) mass is 336 g/mol. The van der Waals surface area contributed by atoms with Crippen LogP contribution in [0.1, 0.15) is 23.2 Å². The van der Waals surface area contributed by atoms with Crippen molar-refractivity contribution >= 4 is 17.1 Å². The minimum absolute atomic E-state index is 0.0441. The molecule has 1 aromatic carbocycles. The van der Waals surface area contributed by atoms with Crippen LogP contribution in [0.15, 0.2) is 48.8 Å². The lowest BCUT2D eigenvalue weighted by atomic mass is 10.1. The first kappa shape index (κ1) is 15.7. The Morgan fingerprint density at radius 2 is 2.04 bits per heavy atom. The molecule has 6 nitrogen and oxygen atoms in total. The first-order chi connectivity index (χ1) is 12.1. The molecule has 3 N–H and O–H groups in total. The first-order valence-corrected chi connectivity index (χ1v) is 8.27. The molecule has 1 fully saturated rings. The van der Waals surface area contributed by atoms with Gasteiger partial charge < -0.3 is 15.7 Å². The lowest BCUT2D eigenvalue weighted by molar-refractivity contribution is 0.1000. The molecule has 0 bridgehead atoms. The molecule has 0 unspecified atom stereocenters. The fourth-order valence-corrected chi connectivity index (χ4v) is 3.35. The predicted octanol–water partition coefficient (Wildman–Crippen LogP) is 2.06. The number of carbonyl (C=O) groups is 1. The number of aliphatic hydroxyl groups is 1. The maximum atomic E-state index is 12.0. The van der Waals surface area contributed by atoms with Gasteiger partial charge in [0.2, 0.25) is 0 Å². The van der Waals surface area contributed by atoms with E-state index in [1.165, 1.54) is 6.20 Å². The molecule has 0 radical (unpaired) electrons. The highest BCUT2D eigenvalue weighted by atomic mass is 16.3. The van der Waals surface area contributed by atoms with Crippen molar-refractivity contribution < 1.29 is 9.90 Å². The summed E-state index contributed by atoms with van der Waals surface area (Å²) in [6.07, 6.45) is 5.21. The number of anilines is 1. The molecule has 25 heavy (non-hydrogen) atoms. The van der Waals surface area contributed by atoms with Gasteiger partial charge >= 0.3 is 0 Å². The van der Waals surface area contributed by atoms with Crippen LogP contribution >= 0.6 is 0 Å². The molecule has 2 heterocycles. The summed E-state index contributed by atoms with van der Waals surface area (Å²) in [5.74, 6) is -0.520. The maximum absolute atomic E-state index is 12.0. The van der Waals surface area contributed by atoms with E-state index in [1.807, 2.05) is 54.5 Å². The fourth-order valence-electron chi connectivity index (χ4n) is 3.35. The number of carbonyl (C=O) groups excluding carboxylic acids is 1. The second-order valence-electron chi connectivity index (χ2n) is 6.64. The van der Waals surface area contributed by atoms with Gasteiger partial charge in [-0.05, 0) is 24.5 Å². The van der Waals surface area contributed by atoms with E-state index in [4.69, 9.17) is 5.73 Å². The summed E-state index contributed by atoms with van der Waals surface area (Å²) in [6, 6.07) is 12.0. The molecular formula is C19H20N4O2. The van der Waals surface area contributed by atoms with E-state index in [1.54, 1.807) is 4.52 Å². The lowest BCUT2D eigenvalue weighted by Gasteiger charge is -2.30. The number of amides is 1. The first-order valence-electron chi connectivity index (χ1n) is 8.27. The molecular weight excluding hydrogens is 316 g/mol. The van der Waals surface area contributed by atoms with Gasteiger partial charge in [0.15, 0.2) is 0 Å². The van der Waals surface area contributed by atoms with Gasteiger partial charge in [-0.2, -0.15) is 5.10 Å². The van der Waals surface area contributed by atoms with E-state index >= 15 is 0 Å². The van der Waals surface area contributed by atoms with Crippen LogP contribution in [-0.4, -0.2) is 39.8 Å². The smallest absolute Gasteiger partial charge is 0.252 e. The second kappa shape index (κ2) is 5.60. The van der Waals surface area contributed by atoms with Crippen molar-refractivity contribution in [2.75, 3.05) is 18.6 Å². The standard InChI is InChI=1S/C19H20N4O2/c1-22(19(12-24)7-8-19)17-15(18(20)25)10-21-23-11-14(9-16(17)23)13-5-3-2-4-6-13/h2-6,9-11,24H,7-8,12H2,1H3,(H2,20,25). The van der Waals surface area contributed by atoms with Crippen LogP contribution < -0.4 is 10.6 Å². The molecule has 2 aromatic heterocycles. The van der Waals surface area contributed by atoms with Crippen molar-refractivity contribution in [2.45, 2.75) is 18.4 Å². The minimum Gasteiger partial charge on any atom is -0.394 e. The zero-order chi connectivity index (χ0) is 17.6. The van der Waals surface area contributed by atoms with Crippen molar-refractivity contribution in [1.82, 2.24) is 9.61 Å². The van der Waals surface area contributed by atoms with E-state index in [-0.39, 0.29) is 12.1 Å². The van der Waals surface area contributed by atoms with Crippen LogP contribution in [-0.2, 0) is 0 Å². The highest BCUT2D eigenvalue weighted by Crippen LogP contribution is 2.45. The third kappa shape index (κ3) is 2.46. The summed E-state index contributed by atoms with van der Waals surface area (Å²) < 4.78 is 1.76. The van der Waals surface area contributed by atoms with E-state index in [9.17, 15) is 9.90 Å². The van der Waals surface area contributed by atoms with Gasteiger partial charge in [0.1, 0.15) is 0 Å². The lowest BCUT2D eigenvalue weighted by Crippen LogP contribution is -2.38. The Hall–Kier alpha value is -2.86. The highest BCUT2D eigenvalue weighted by molar-refractivity contribution is 6.02. The fraction of sp³-hybridized carbons (Fsp3) is 0.263. The van der Waals surface area contributed by atoms with E-state index in [0.29, 0.717) is 5.56 Å². The molecule has 0 spiro atoms. The summed E-state index contributed by atoms with van der Waals surface area (Å²) in [5, 5.41) is 14.1. The molecule has 4 rings (SSSR count). The summed E-state index contributed by atoms with van der Waals surface area (Å²) in [4.78, 5) is 14.0. The largest absolute Gasteiger partial charge is 0.394 e. The van der Waals surface area contributed by atoms with Gasteiger partial charge in [0.05, 0.1) is 35.1 Å². The third-order valence-electron chi connectivity index (χ3n) is 5.15. The number of fused-ring (bicyclic) bond motifs is 1. The van der Waals surface area contributed by atoms with Crippen LogP contribution in [0.4, 0.5) is 5.69 Å². The number of rotatable bonds is 5. The quantitative estimate of drug-likeness (QED) is 0.747. The minimum atomic E-state index is -0.520. The number of likely N-dealkylation sites (N-methyl/N-ethyl adjacent to an activating group) is 1. The van der Waals surface area contributed by atoms with Gasteiger partial charge in [0.25, 0.3) is 5.91 Å². The average molecular weight is 336 g/mol. The third-order valence-corrected chi connectivity index (χ3v) is 5.15. The van der Waals surface area contributed by atoms with Gasteiger partial charge in [-0.25, -0.2) is 4.52 Å². The Morgan fingerprint density at radius 3 is 2.64 bits per heavy atom. The Labute approximate surface area is 145 Å². The van der Waals surface area contributed by atoms with E-state index in [2.05, 4.69) is 5.10 Å². The van der Waals surface area contributed by atoms with Gasteiger partial charge in [-0.1, -0.05) is 30.3 Å². The Kier molecular flexibility index (Phi) is 3.51. The second-order valence-corrected chi connectivity index (χ2v) is 6.64. The number of aromatic nitrogens is 2. The topological polar surface area (TPSA) is 83.9 Å². The van der Waals surface area contributed by atoms with Crippen molar-refractivity contribution in [3.05, 3.63) is 54.4 Å². The molecule has 0 atom stereocenters. The number of primary amides is 1.